The van der Waals surface area contributed by atoms with Crippen molar-refractivity contribution in [2.75, 3.05) is 13.6 Å². The van der Waals surface area contributed by atoms with E-state index in [1.165, 1.54) is 25.0 Å². The van der Waals surface area contributed by atoms with Gasteiger partial charge in [0.15, 0.2) is 0 Å². The first-order valence-electron chi connectivity index (χ1n) is 8.01. The average molecular weight is 296 g/mol. The molecule has 0 unspecified atom stereocenters. The highest BCUT2D eigenvalue weighted by Gasteiger charge is 2.20. The maximum Gasteiger partial charge on any atom is 0.0654 e. The molecule has 2 heterocycles. The summed E-state index contributed by atoms with van der Waals surface area (Å²) >= 11 is 0. The smallest absolute Gasteiger partial charge is 0.0654 e. The summed E-state index contributed by atoms with van der Waals surface area (Å²) < 4.78 is 0. The Balaban J connectivity index is 1.52. The van der Waals surface area contributed by atoms with Gasteiger partial charge < -0.3 is 10.6 Å². The van der Waals surface area contributed by atoms with Crippen LogP contribution in [0.3, 0.4) is 0 Å². The lowest BCUT2D eigenvalue weighted by molar-refractivity contribution is 0.495. The van der Waals surface area contributed by atoms with E-state index >= 15 is 0 Å². The highest BCUT2D eigenvalue weighted by Crippen LogP contribution is 2.33. The summed E-state index contributed by atoms with van der Waals surface area (Å²) in [5, 5.41) is 0. The number of pyridine rings is 1. The van der Waals surface area contributed by atoms with Crippen molar-refractivity contribution in [3.63, 3.8) is 0 Å². The quantitative estimate of drug-likeness (QED) is 0.821. The molecule has 4 heteroatoms. The van der Waals surface area contributed by atoms with E-state index in [0.29, 0.717) is 6.54 Å². The van der Waals surface area contributed by atoms with Crippen LogP contribution >= 0.6 is 0 Å². The lowest BCUT2D eigenvalue weighted by atomic mass is 10.1. The van der Waals surface area contributed by atoms with E-state index in [1.54, 1.807) is 0 Å². The molecule has 116 valence electrons. The van der Waals surface area contributed by atoms with E-state index < -0.39 is 0 Å². The second kappa shape index (κ2) is 6.77. The fourth-order valence-electron chi connectivity index (χ4n) is 2.56. The van der Waals surface area contributed by atoms with Crippen molar-refractivity contribution < 1.29 is 0 Å². The Bertz CT molecular complexity index is 594. The van der Waals surface area contributed by atoms with Gasteiger partial charge in [0.05, 0.1) is 6.54 Å². The summed E-state index contributed by atoms with van der Waals surface area (Å²) in [5.74, 6) is 0.965. The Hall–Kier alpha value is -2.10. The first kappa shape index (κ1) is 14.8. The number of nitrogens with zero attached hydrogens (tertiary/aromatic N) is 3. The number of aryl methyl sites for hydroxylation is 1. The topological polar surface area (TPSA) is 54.5 Å². The highest BCUT2D eigenvalue weighted by molar-refractivity contribution is 5.81. The van der Waals surface area contributed by atoms with Gasteiger partial charge in [0.1, 0.15) is 0 Å². The monoisotopic (exact) mass is 296 g/mol. The van der Waals surface area contributed by atoms with E-state index in [1.807, 2.05) is 31.7 Å². The van der Waals surface area contributed by atoms with Crippen LogP contribution in [0.2, 0.25) is 0 Å². The maximum absolute atomic E-state index is 5.97. The minimum atomic E-state index is 0.653. The van der Waals surface area contributed by atoms with Crippen LogP contribution in [-0.4, -0.2) is 29.7 Å². The molecule has 0 saturated heterocycles. The lowest BCUT2D eigenvalue weighted by Crippen LogP contribution is -2.22. The van der Waals surface area contributed by atoms with Crippen molar-refractivity contribution in [3.05, 3.63) is 53.1 Å². The number of likely N-dealkylation sites (N-methyl/N-ethyl adjacent to an activating group) is 1. The molecular weight excluding hydrogens is 272 g/mol. The normalized spacial score (nSPS) is 18.5. The van der Waals surface area contributed by atoms with E-state index in [0.717, 1.165) is 35.7 Å². The summed E-state index contributed by atoms with van der Waals surface area (Å²) in [4.78, 5) is 11.1. The van der Waals surface area contributed by atoms with Gasteiger partial charge in [-0.1, -0.05) is 18.9 Å². The molecule has 2 N–H and O–H groups in total. The molecule has 1 saturated carbocycles. The Morgan fingerprint density at radius 3 is 3.00 bits per heavy atom. The van der Waals surface area contributed by atoms with Gasteiger partial charge in [-0.05, 0) is 36.5 Å². The van der Waals surface area contributed by atoms with Gasteiger partial charge in [-0.3, -0.25) is 9.98 Å². The molecule has 0 radical (unpaired) electrons. The van der Waals surface area contributed by atoms with Gasteiger partial charge >= 0.3 is 0 Å². The molecule has 4 nitrogen and oxygen atoms in total. The van der Waals surface area contributed by atoms with Crippen molar-refractivity contribution in [1.29, 1.82) is 0 Å². The molecule has 1 aromatic rings. The first-order valence-corrected chi connectivity index (χ1v) is 8.01. The fraction of sp³-hybridized carbons (Fsp3) is 0.444. The molecule has 0 atom stereocenters. The molecule has 2 aliphatic rings. The zero-order valence-corrected chi connectivity index (χ0v) is 13.2. The third kappa shape index (κ3) is 4.20. The van der Waals surface area contributed by atoms with Gasteiger partial charge in [-0.15, -0.1) is 0 Å². The minimum Gasteiger partial charge on any atom is -0.398 e. The Morgan fingerprint density at radius 2 is 2.27 bits per heavy atom. The molecule has 1 aliphatic carbocycles. The Kier molecular flexibility index (Phi) is 4.56. The molecule has 1 aromatic heterocycles. The van der Waals surface area contributed by atoms with Crippen molar-refractivity contribution in [2.24, 2.45) is 16.6 Å². The minimum absolute atomic E-state index is 0.653. The van der Waals surface area contributed by atoms with Gasteiger partial charge in [0.2, 0.25) is 0 Å². The molecule has 0 spiro atoms. The zero-order chi connectivity index (χ0) is 15.4. The standard InChI is InChI=1S/C18H24N4/c1-22-9-8-18(19)16(13-22)12-20-10-15-5-7-17(21-11-15)6-4-14-2-3-14/h5,7-9,11-12,14H,2-4,6,10,13,19H2,1H3. The Morgan fingerprint density at radius 1 is 1.41 bits per heavy atom. The predicted octanol–water partition coefficient (Wildman–Crippen LogP) is 2.67. The van der Waals surface area contributed by atoms with E-state index in [9.17, 15) is 0 Å². The molecule has 3 rings (SSSR count). The van der Waals surface area contributed by atoms with Gasteiger partial charge in [0, 0.05) is 49.2 Å². The van der Waals surface area contributed by atoms with Crippen molar-refractivity contribution in [2.45, 2.75) is 32.2 Å². The number of hydrogen-bond acceptors (Lipinski definition) is 4. The molecule has 1 fully saturated rings. The van der Waals surface area contributed by atoms with Gasteiger partial charge in [-0.25, -0.2) is 0 Å². The summed E-state index contributed by atoms with van der Waals surface area (Å²) in [5.41, 5.74) is 10.2. The number of aliphatic imine (C=N–C) groups is 1. The lowest BCUT2D eigenvalue weighted by Gasteiger charge is -2.19. The van der Waals surface area contributed by atoms with Gasteiger partial charge in [-0.2, -0.15) is 0 Å². The predicted molar refractivity (Wildman–Crippen MR) is 90.5 cm³/mol. The highest BCUT2D eigenvalue weighted by atomic mass is 15.1. The van der Waals surface area contributed by atoms with E-state index in [2.05, 4.69) is 27.0 Å². The van der Waals surface area contributed by atoms with Crippen LogP contribution in [0.25, 0.3) is 0 Å². The van der Waals surface area contributed by atoms with Crippen LogP contribution in [0.1, 0.15) is 30.5 Å². The van der Waals surface area contributed by atoms with Crippen LogP contribution < -0.4 is 5.73 Å². The number of rotatable bonds is 6. The fourth-order valence-corrected chi connectivity index (χ4v) is 2.56. The first-order chi connectivity index (χ1) is 10.7. The molecule has 0 bridgehead atoms. The van der Waals surface area contributed by atoms with Crippen molar-refractivity contribution in [1.82, 2.24) is 9.88 Å². The number of hydrogen-bond donors (Lipinski definition) is 1. The number of allylic oxidation sites excluding steroid dienone is 1. The number of aromatic nitrogens is 1. The molecule has 0 aromatic carbocycles. The average Bonchev–Trinajstić information content (AvgIpc) is 3.34. The van der Waals surface area contributed by atoms with Gasteiger partial charge in [0.25, 0.3) is 0 Å². The van der Waals surface area contributed by atoms with E-state index in [-0.39, 0.29) is 0 Å². The van der Waals surface area contributed by atoms with Crippen molar-refractivity contribution >= 4 is 6.21 Å². The molecule has 1 aliphatic heterocycles. The largest absolute Gasteiger partial charge is 0.398 e. The third-order valence-corrected chi connectivity index (χ3v) is 4.21. The Labute approximate surface area is 132 Å². The van der Waals surface area contributed by atoms with E-state index in [4.69, 9.17) is 5.73 Å². The van der Waals surface area contributed by atoms with Crippen LogP contribution in [0.15, 0.2) is 46.9 Å². The van der Waals surface area contributed by atoms with Crippen LogP contribution in [0.5, 0.6) is 0 Å². The summed E-state index contributed by atoms with van der Waals surface area (Å²) in [6.45, 7) is 1.46. The second-order valence-corrected chi connectivity index (χ2v) is 6.32. The molecule has 0 amide bonds. The summed E-state index contributed by atoms with van der Waals surface area (Å²) in [6, 6.07) is 4.27. The van der Waals surface area contributed by atoms with Crippen LogP contribution in [0, 0.1) is 5.92 Å². The summed E-state index contributed by atoms with van der Waals surface area (Å²) in [7, 11) is 2.03. The molecule has 22 heavy (non-hydrogen) atoms. The van der Waals surface area contributed by atoms with Crippen molar-refractivity contribution in [3.8, 4) is 0 Å². The number of nitrogens with two attached hydrogens (primary N) is 1. The van der Waals surface area contributed by atoms with Crippen LogP contribution in [0.4, 0.5) is 0 Å². The summed E-state index contributed by atoms with van der Waals surface area (Å²) in [6.07, 6.45) is 13.0. The SMILES string of the molecule is CN1C=CC(N)=C(C=NCc2ccc(CCC3CC3)nc2)C1. The second-order valence-electron chi connectivity index (χ2n) is 6.32. The maximum atomic E-state index is 5.97. The zero-order valence-electron chi connectivity index (χ0n) is 13.2. The van der Waals surface area contributed by atoms with Crippen LogP contribution in [-0.2, 0) is 13.0 Å². The third-order valence-electron chi connectivity index (χ3n) is 4.21. The molecular formula is C18H24N4.